The van der Waals surface area contributed by atoms with Crippen molar-refractivity contribution in [3.63, 3.8) is 0 Å². The fourth-order valence-corrected chi connectivity index (χ4v) is 1.90. The van der Waals surface area contributed by atoms with Crippen molar-refractivity contribution < 1.29 is 19.4 Å². The number of nitrogens with one attached hydrogen (secondary N) is 1. The lowest BCUT2D eigenvalue weighted by Crippen LogP contribution is -2.55. The van der Waals surface area contributed by atoms with Crippen LogP contribution in [0.25, 0.3) is 0 Å². The van der Waals surface area contributed by atoms with Crippen LogP contribution >= 0.6 is 11.6 Å². The summed E-state index contributed by atoms with van der Waals surface area (Å²) in [5, 5.41) is 12.2. The van der Waals surface area contributed by atoms with E-state index in [1.54, 1.807) is 24.3 Å². The van der Waals surface area contributed by atoms with Crippen molar-refractivity contribution in [3.05, 3.63) is 34.9 Å². The molecular weight excluding hydrogens is 258 g/mol. The highest BCUT2D eigenvalue weighted by atomic mass is 35.5. The Kier molecular flexibility index (Phi) is 3.54. The highest BCUT2D eigenvalue weighted by Gasteiger charge is 2.44. The van der Waals surface area contributed by atoms with Gasteiger partial charge in [-0.05, 0) is 24.3 Å². The Labute approximate surface area is 109 Å². The molecule has 0 radical (unpaired) electrons. The summed E-state index contributed by atoms with van der Waals surface area (Å²) in [6.07, 6.45) is 0.266. The molecule has 1 saturated heterocycles. The van der Waals surface area contributed by atoms with E-state index in [-0.39, 0.29) is 13.0 Å². The first-order valence-electron chi connectivity index (χ1n) is 5.43. The summed E-state index contributed by atoms with van der Waals surface area (Å²) in [6.45, 7) is 0.314. The standard InChI is InChI=1S/C12H12ClNO4/c13-9-3-1-8(2-4-9)10(15)14-12(11(16)17)5-6-18-7-12/h1-4H,5-7H2,(H,14,15)(H,16,17). The number of amides is 1. The Bertz CT molecular complexity index is 465. The number of rotatable bonds is 3. The second-order valence-corrected chi connectivity index (χ2v) is 4.59. The SMILES string of the molecule is O=C(NC1(C(=O)O)CCOC1)c1ccc(Cl)cc1. The van der Waals surface area contributed by atoms with Crippen LogP contribution in [0.2, 0.25) is 5.02 Å². The van der Waals surface area contributed by atoms with Crippen LogP contribution in [0.3, 0.4) is 0 Å². The Morgan fingerprint density at radius 1 is 1.33 bits per heavy atom. The molecule has 6 heteroatoms. The smallest absolute Gasteiger partial charge is 0.331 e. The van der Waals surface area contributed by atoms with Crippen molar-refractivity contribution in [2.75, 3.05) is 13.2 Å². The van der Waals surface area contributed by atoms with Crippen LogP contribution in [0.1, 0.15) is 16.8 Å². The van der Waals surface area contributed by atoms with Gasteiger partial charge in [0.1, 0.15) is 0 Å². The van der Waals surface area contributed by atoms with Crippen molar-refractivity contribution >= 4 is 23.5 Å². The molecule has 2 rings (SSSR count). The molecule has 18 heavy (non-hydrogen) atoms. The van der Waals surface area contributed by atoms with Crippen molar-refractivity contribution in [2.45, 2.75) is 12.0 Å². The lowest BCUT2D eigenvalue weighted by molar-refractivity contribution is -0.144. The van der Waals surface area contributed by atoms with E-state index in [9.17, 15) is 14.7 Å². The van der Waals surface area contributed by atoms with E-state index in [0.717, 1.165) is 0 Å². The lowest BCUT2D eigenvalue weighted by Gasteiger charge is -2.23. The molecule has 0 aromatic heterocycles. The zero-order valence-corrected chi connectivity index (χ0v) is 10.2. The van der Waals surface area contributed by atoms with Gasteiger partial charge in [-0.1, -0.05) is 11.6 Å². The minimum atomic E-state index is -1.32. The van der Waals surface area contributed by atoms with E-state index in [4.69, 9.17) is 16.3 Å². The number of hydrogen-bond acceptors (Lipinski definition) is 3. The molecule has 0 spiro atoms. The van der Waals surface area contributed by atoms with Gasteiger partial charge in [0.05, 0.1) is 6.61 Å². The normalized spacial score (nSPS) is 22.7. The molecule has 1 unspecified atom stereocenters. The average molecular weight is 270 g/mol. The zero-order chi connectivity index (χ0) is 13.2. The topological polar surface area (TPSA) is 75.6 Å². The number of carbonyl (C=O) groups excluding carboxylic acids is 1. The molecular formula is C12H12ClNO4. The van der Waals surface area contributed by atoms with E-state index in [1.807, 2.05) is 0 Å². The summed E-state index contributed by atoms with van der Waals surface area (Å²) < 4.78 is 5.06. The molecule has 0 aliphatic carbocycles. The molecule has 1 atom stereocenters. The van der Waals surface area contributed by atoms with Crippen LogP contribution in [0.15, 0.2) is 24.3 Å². The van der Waals surface area contributed by atoms with Crippen molar-refractivity contribution in [1.82, 2.24) is 5.32 Å². The van der Waals surface area contributed by atoms with Gasteiger partial charge in [-0.2, -0.15) is 0 Å². The molecule has 5 nitrogen and oxygen atoms in total. The van der Waals surface area contributed by atoms with Crippen LogP contribution < -0.4 is 5.32 Å². The Morgan fingerprint density at radius 2 is 2.00 bits per heavy atom. The minimum Gasteiger partial charge on any atom is -0.479 e. The van der Waals surface area contributed by atoms with Gasteiger partial charge in [0.25, 0.3) is 5.91 Å². The molecule has 1 fully saturated rings. The molecule has 0 bridgehead atoms. The number of benzene rings is 1. The van der Waals surface area contributed by atoms with Crippen LogP contribution in [-0.2, 0) is 9.53 Å². The fraction of sp³-hybridized carbons (Fsp3) is 0.333. The van der Waals surface area contributed by atoms with E-state index in [0.29, 0.717) is 17.2 Å². The van der Waals surface area contributed by atoms with Crippen LogP contribution in [0.5, 0.6) is 0 Å². The van der Waals surface area contributed by atoms with Crippen LogP contribution in [-0.4, -0.2) is 35.7 Å². The molecule has 1 aromatic carbocycles. The minimum absolute atomic E-state index is 0.0122. The second-order valence-electron chi connectivity index (χ2n) is 4.15. The van der Waals surface area contributed by atoms with Crippen LogP contribution in [0.4, 0.5) is 0 Å². The number of halogens is 1. The van der Waals surface area contributed by atoms with Gasteiger partial charge in [0.2, 0.25) is 0 Å². The van der Waals surface area contributed by atoms with E-state index in [2.05, 4.69) is 5.32 Å². The lowest BCUT2D eigenvalue weighted by atomic mass is 9.98. The summed E-state index contributed by atoms with van der Waals surface area (Å²) in [6, 6.07) is 6.25. The second kappa shape index (κ2) is 4.96. The molecule has 2 N–H and O–H groups in total. The summed E-state index contributed by atoms with van der Waals surface area (Å²) in [7, 11) is 0. The number of carboxylic acid groups (broad SMARTS) is 1. The Hall–Kier alpha value is -1.59. The largest absolute Gasteiger partial charge is 0.479 e. The van der Waals surface area contributed by atoms with Gasteiger partial charge >= 0.3 is 5.97 Å². The molecule has 1 aliphatic rings. The van der Waals surface area contributed by atoms with Gasteiger partial charge in [-0.25, -0.2) is 4.79 Å². The molecule has 1 heterocycles. The van der Waals surface area contributed by atoms with Crippen LogP contribution in [0, 0.1) is 0 Å². The zero-order valence-electron chi connectivity index (χ0n) is 9.48. The first kappa shape index (κ1) is 12.9. The van der Waals surface area contributed by atoms with Crippen molar-refractivity contribution in [1.29, 1.82) is 0 Å². The molecule has 0 saturated carbocycles. The quantitative estimate of drug-likeness (QED) is 0.868. The summed E-state index contributed by atoms with van der Waals surface area (Å²) in [5.74, 6) is -1.53. The van der Waals surface area contributed by atoms with Gasteiger partial charge in [-0.15, -0.1) is 0 Å². The maximum absolute atomic E-state index is 11.9. The number of hydrogen-bond donors (Lipinski definition) is 2. The monoisotopic (exact) mass is 269 g/mol. The third kappa shape index (κ3) is 2.47. The number of ether oxygens (including phenoxy) is 1. The number of carbonyl (C=O) groups is 2. The third-order valence-electron chi connectivity index (χ3n) is 2.89. The van der Waals surface area contributed by atoms with E-state index >= 15 is 0 Å². The predicted octanol–water partition coefficient (Wildman–Crippen LogP) is 1.31. The summed E-state index contributed by atoms with van der Waals surface area (Å²) >= 11 is 5.72. The first-order chi connectivity index (χ1) is 8.53. The predicted molar refractivity (Wildman–Crippen MR) is 64.7 cm³/mol. The Balaban J connectivity index is 2.15. The third-order valence-corrected chi connectivity index (χ3v) is 3.14. The number of aliphatic carboxylic acids is 1. The fourth-order valence-electron chi connectivity index (χ4n) is 1.78. The number of carboxylic acids is 1. The van der Waals surface area contributed by atoms with Gasteiger partial charge in [0, 0.05) is 23.6 Å². The highest BCUT2D eigenvalue weighted by Crippen LogP contribution is 2.20. The van der Waals surface area contributed by atoms with Gasteiger partial charge in [0.15, 0.2) is 5.54 Å². The first-order valence-corrected chi connectivity index (χ1v) is 5.80. The average Bonchev–Trinajstić information content (AvgIpc) is 2.79. The summed E-state index contributed by atoms with van der Waals surface area (Å²) in [5.41, 5.74) is -0.955. The van der Waals surface area contributed by atoms with Gasteiger partial charge < -0.3 is 15.2 Å². The molecule has 1 amide bonds. The molecule has 1 aromatic rings. The molecule has 96 valence electrons. The van der Waals surface area contributed by atoms with E-state index < -0.39 is 17.4 Å². The highest BCUT2D eigenvalue weighted by molar-refractivity contribution is 6.30. The summed E-state index contributed by atoms with van der Waals surface area (Å²) in [4.78, 5) is 23.2. The molecule has 1 aliphatic heterocycles. The van der Waals surface area contributed by atoms with Gasteiger partial charge in [-0.3, -0.25) is 4.79 Å². The van der Waals surface area contributed by atoms with Crippen molar-refractivity contribution in [3.8, 4) is 0 Å². The Morgan fingerprint density at radius 3 is 2.50 bits per heavy atom. The van der Waals surface area contributed by atoms with E-state index in [1.165, 1.54) is 0 Å². The maximum atomic E-state index is 11.9. The van der Waals surface area contributed by atoms with Crippen molar-refractivity contribution in [2.24, 2.45) is 0 Å². The maximum Gasteiger partial charge on any atom is 0.331 e.